The van der Waals surface area contributed by atoms with Gasteiger partial charge in [0.2, 0.25) is 5.95 Å². The lowest BCUT2D eigenvalue weighted by atomic mass is 10.2. The second-order valence-electron chi connectivity index (χ2n) is 6.06. The van der Waals surface area contributed by atoms with Gasteiger partial charge in [0.05, 0.1) is 6.54 Å². The van der Waals surface area contributed by atoms with Gasteiger partial charge in [0, 0.05) is 37.8 Å². The molecule has 0 bridgehead atoms. The number of aromatic nitrogens is 4. The van der Waals surface area contributed by atoms with E-state index < -0.39 is 5.69 Å². The van der Waals surface area contributed by atoms with Crippen LogP contribution in [-0.4, -0.2) is 25.2 Å². The van der Waals surface area contributed by atoms with E-state index in [2.05, 4.69) is 4.98 Å². The molecule has 0 saturated carbocycles. The second kappa shape index (κ2) is 5.45. The number of anilines is 1. The van der Waals surface area contributed by atoms with Crippen LogP contribution in [0, 0.1) is 5.82 Å². The molecule has 130 valence electrons. The number of benzene rings is 1. The van der Waals surface area contributed by atoms with Crippen molar-refractivity contribution in [2.45, 2.75) is 13.1 Å². The molecule has 9 heteroatoms. The standard InChI is InChI=1S/C16H15ClFN5O2/c1-20-13-12(14(24)21(2)16(20)25)23-7-6-22(15(23)19-13)8-9-10(17)4-3-5-11(9)18/h3-5H,6-8H2,1-2H3. The first-order valence-corrected chi connectivity index (χ1v) is 8.12. The lowest BCUT2D eigenvalue weighted by Gasteiger charge is -2.17. The molecule has 0 radical (unpaired) electrons. The van der Waals surface area contributed by atoms with Crippen LogP contribution in [-0.2, 0) is 27.2 Å². The van der Waals surface area contributed by atoms with Crippen molar-refractivity contribution < 1.29 is 4.39 Å². The summed E-state index contributed by atoms with van der Waals surface area (Å²) in [6, 6.07) is 4.55. The zero-order valence-corrected chi connectivity index (χ0v) is 14.4. The molecule has 2 aromatic heterocycles. The topological polar surface area (TPSA) is 65.1 Å². The number of rotatable bonds is 2. The molecule has 1 aliphatic rings. The predicted molar refractivity (Wildman–Crippen MR) is 92.7 cm³/mol. The smallest absolute Gasteiger partial charge is 0.332 e. The number of nitrogens with zero attached hydrogens (tertiary/aromatic N) is 5. The van der Waals surface area contributed by atoms with Gasteiger partial charge in [-0.3, -0.25) is 13.9 Å². The third kappa shape index (κ3) is 2.21. The van der Waals surface area contributed by atoms with Crippen LogP contribution in [0.3, 0.4) is 0 Å². The van der Waals surface area contributed by atoms with E-state index in [1.807, 2.05) is 4.90 Å². The van der Waals surface area contributed by atoms with Gasteiger partial charge in [0.15, 0.2) is 11.2 Å². The van der Waals surface area contributed by atoms with Gasteiger partial charge in [-0.2, -0.15) is 4.98 Å². The highest BCUT2D eigenvalue weighted by Gasteiger charge is 2.28. The van der Waals surface area contributed by atoms with Crippen LogP contribution in [0.15, 0.2) is 27.8 Å². The molecule has 3 heterocycles. The van der Waals surface area contributed by atoms with E-state index in [1.54, 1.807) is 23.7 Å². The van der Waals surface area contributed by atoms with Gasteiger partial charge < -0.3 is 9.47 Å². The van der Waals surface area contributed by atoms with Crippen molar-refractivity contribution in [2.75, 3.05) is 11.4 Å². The van der Waals surface area contributed by atoms with E-state index in [4.69, 9.17) is 11.6 Å². The quantitative estimate of drug-likeness (QED) is 0.687. The summed E-state index contributed by atoms with van der Waals surface area (Å²) in [4.78, 5) is 30.9. The van der Waals surface area contributed by atoms with Crippen LogP contribution >= 0.6 is 11.6 Å². The summed E-state index contributed by atoms with van der Waals surface area (Å²) in [5, 5.41) is 0.345. The molecular formula is C16H15ClFN5O2. The first kappa shape index (κ1) is 15.9. The molecule has 0 fully saturated rings. The fraction of sp³-hybridized carbons (Fsp3) is 0.312. The van der Waals surface area contributed by atoms with Crippen molar-refractivity contribution >= 4 is 28.7 Å². The Morgan fingerprint density at radius 2 is 1.96 bits per heavy atom. The largest absolute Gasteiger partial charge is 0.336 e. The fourth-order valence-corrected chi connectivity index (χ4v) is 3.46. The molecule has 4 rings (SSSR count). The number of aryl methyl sites for hydroxylation is 1. The number of hydrogen-bond acceptors (Lipinski definition) is 4. The molecular weight excluding hydrogens is 349 g/mol. The van der Waals surface area contributed by atoms with Crippen molar-refractivity contribution in [1.29, 1.82) is 0 Å². The summed E-state index contributed by atoms with van der Waals surface area (Å²) in [5.74, 6) is 0.151. The predicted octanol–water partition coefficient (Wildman–Crippen LogP) is 1.25. The molecule has 1 aliphatic heterocycles. The van der Waals surface area contributed by atoms with Gasteiger partial charge in [0.1, 0.15) is 5.82 Å². The Morgan fingerprint density at radius 1 is 1.20 bits per heavy atom. The third-order valence-electron chi connectivity index (χ3n) is 4.61. The van der Waals surface area contributed by atoms with Crippen LogP contribution in [0.5, 0.6) is 0 Å². The monoisotopic (exact) mass is 363 g/mol. The minimum absolute atomic E-state index is 0.239. The Balaban J connectivity index is 1.87. The fourth-order valence-electron chi connectivity index (χ4n) is 3.23. The van der Waals surface area contributed by atoms with Crippen LogP contribution < -0.4 is 16.1 Å². The molecule has 1 aromatic carbocycles. The van der Waals surface area contributed by atoms with Crippen molar-refractivity contribution in [2.24, 2.45) is 14.1 Å². The van der Waals surface area contributed by atoms with Crippen molar-refractivity contribution in [1.82, 2.24) is 18.7 Å². The second-order valence-corrected chi connectivity index (χ2v) is 6.47. The van der Waals surface area contributed by atoms with Crippen molar-refractivity contribution in [3.05, 3.63) is 55.4 Å². The minimum Gasteiger partial charge on any atom is -0.336 e. The molecule has 7 nitrogen and oxygen atoms in total. The zero-order valence-electron chi connectivity index (χ0n) is 13.7. The first-order chi connectivity index (χ1) is 11.9. The summed E-state index contributed by atoms with van der Waals surface area (Å²) in [5.41, 5.74) is 0.265. The van der Waals surface area contributed by atoms with E-state index in [-0.39, 0.29) is 17.9 Å². The maximum Gasteiger partial charge on any atom is 0.332 e. The average molecular weight is 364 g/mol. The van der Waals surface area contributed by atoms with Crippen molar-refractivity contribution in [3.8, 4) is 0 Å². The Hall–Kier alpha value is -2.61. The summed E-state index contributed by atoms with van der Waals surface area (Å²) in [6.07, 6.45) is 0. The normalized spacial score (nSPS) is 13.7. The molecule has 0 atom stereocenters. The molecule has 0 spiro atoms. The van der Waals surface area contributed by atoms with Crippen LogP contribution in [0.2, 0.25) is 5.02 Å². The Bertz CT molecular complexity index is 1110. The number of halogens is 2. The molecule has 0 amide bonds. The lowest BCUT2D eigenvalue weighted by molar-refractivity contribution is 0.605. The molecule has 0 unspecified atom stereocenters. The van der Waals surface area contributed by atoms with Crippen LogP contribution in [0.1, 0.15) is 5.56 Å². The summed E-state index contributed by atoms with van der Waals surface area (Å²) >= 11 is 6.11. The van der Waals surface area contributed by atoms with Gasteiger partial charge >= 0.3 is 5.69 Å². The SMILES string of the molecule is Cn1c(=O)c2c(nc3n2CCN3Cc2c(F)cccc2Cl)n(C)c1=O. The Kier molecular flexibility index (Phi) is 3.47. The average Bonchev–Trinajstić information content (AvgIpc) is 3.14. The van der Waals surface area contributed by atoms with E-state index >= 15 is 0 Å². The number of hydrogen-bond donors (Lipinski definition) is 0. The van der Waals surface area contributed by atoms with E-state index in [0.717, 1.165) is 4.57 Å². The summed E-state index contributed by atoms with van der Waals surface area (Å²) < 4.78 is 18.3. The third-order valence-corrected chi connectivity index (χ3v) is 4.97. The van der Waals surface area contributed by atoms with Gasteiger partial charge in [-0.15, -0.1) is 0 Å². The van der Waals surface area contributed by atoms with Gasteiger partial charge in [-0.25, -0.2) is 9.18 Å². The van der Waals surface area contributed by atoms with Crippen molar-refractivity contribution in [3.63, 3.8) is 0 Å². The molecule has 0 saturated heterocycles. The van der Waals surface area contributed by atoms with Crippen LogP contribution in [0.4, 0.5) is 10.3 Å². The van der Waals surface area contributed by atoms with Gasteiger partial charge in [-0.05, 0) is 12.1 Å². The Labute approximate surface area is 146 Å². The first-order valence-electron chi connectivity index (χ1n) is 7.74. The highest BCUT2D eigenvalue weighted by atomic mass is 35.5. The number of imidazole rings is 1. The minimum atomic E-state index is -0.432. The lowest BCUT2D eigenvalue weighted by Crippen LogP contribution is -2.37. The highest BCUT2D eigenvalue weighted by molar-refractivity contribution is 6.31. The van der Waals surface area contributed by atoms with E-state index in [0.29, 0.717) is 40.8 Å². The summed E-state index contributed by atoms with van der Waals surface area (Å²) in [6.45, 7) is 1.35. The molecule has 0 N–H and O–H groups in total. The number of fused-ring (bicyclic) bond motifs is 3. The molecule has 0 aliphatic carbocycles. The summed E-state index contributed by atoms with van der Waals surface area (Å²) in [7, 11) is 3.01. The maximum atomic E-state index is 14.1. The maximum absolute atomic E-state index is 14.1. The Morgan fingerprint density at radius 3 is 2.68 bits per heavy atom. The van der Waals surface area contributed by atoms with E-state index in [1.165, 1.54) is 17.7 Å². The molecule has 25 heavy (non-hydrogen) atoms. The van der Waals surface area contributed by atoms with E-state index in [9.17, 15) is 14.0 Å². The van der Waals surface area contributed by atoms with Crippen LogP contribution in [0.25, 0.3) is 11.2 Å². The van der Waals surface area contributed by atoms with Gasteiger partial charge in [-0.1, -0.05) is 17.7 Å². The zero-order chi connectivity index (χ0) is 17.9. The highest BCUT2D eigenvalue weighted by Crippen LogP contribution is 2.28. The van der Waals surface area contributed by atoms with Gasteiger partial charge in [0.25, 0.3) is 5.56 Å². The molecule has 3 aromatic rings.